The van der Waals surface area contributed by atoms with Crippen molar-refractivity contribution in [1.82, 2.24) is 9.97 Å². The number of nitrogens with two attached hydrogens (primary N) is 1. The van der Waals surface area contributed by atoms with Gasteiger partial charge in [0.25, 0.3) is 0 Å². The second kappa shape index (κ2) is 5.23. The molecule has 14 heavy (non-hydrogen) atoms. The Morgan fingerprint density at radius 3 is 2.21 bits per heavy atom. The molecule has 0 aliphatic heterocycles. The van der Waals surface area contributed by atoms with E-state index in [0.29, 0.717) is 24.9 Å². The first kappa shape index (κ1) is 10.5. The predicted molar refractivity (Wildman–Crippen MR) is 49.7 cm³/mol. The second-order valence-corrected chi connectivity index (χ2v) is 2.37. The minimum atomic E-state index is 0.201. The zero-order valence-electron chi connectivity index (χ0n) is 8.19. The Morgan fingerprint density at radius 1 is 1.21 bits per heavy atom. The van der Waals surface area contributed by atoms with E-state index >= 15 is 0 Å². The molecular weight excluding hydrogens is 186 g/mol. The lowest BCUT2D eigenvalue weighted by atomic mass is 10.6. The van der Waals surface area contributed by atoms with Crippen LogP contribution in [0.3, 0.4) is 0 Å². The smallest absolute Gasteiger partial charge is 0.323 e. The van der Waals surface area contributed by atoms with Crippen molar-refractivity contribution in [2.24, 2.45) is 5.73 Å². The summed E-state index contributed by atoms with van der Waals surface area (Å²) in [6.07, 6.45) is 0. The average molecular weight is 199 g/mol. The van der Waals surface area contributed by atoms with Gasteiger partial charge in [0.15, 0.2) is 0 Å². The maximum atomic E-state index is 5.27. The molecule has 0 radical (unpaired) electrons. The summed E-state index contributed by atoms with van der Waals surface area (Å²) >= 11 is 0. The minimum absolute atomic E-state index is 0.201. The molecule has 0 amide bonds. The molecule has 6 heteroatoms. The van der Waals surface area contributed by atoms with Crippen molar-refractivity contribution in [3.05, 3.63) is 6.07 Å². The number of methoxy groups -OCH3 is 2. The van der Waals surface area contributed by atoms with E-state index in [9.17, 15) is 0 Å². The second-order valence-electron chi connectivity index (χ2n) is 2.37. The quantitative estimate of drug-likeness (QED) is 0.709. The molecule has 2 N–H and O–H groups in total. The molecule has 0 atom stereocenters. The molecule has 0 bridgehead atoms. The van der Waals surface area contributed by atoms with E-state index in [-0.39, 0.29) is 6.01 Å². The lowest BCUT2D eigenvalue weighted by molar-refractivity contribution is 0.283. The molecule has 1 heterocycles. The first-order chi connectivity index (χ1) is 6.80. The van der Waals surface area contributed by atoms with Crippen LogP contribution in [-0.4, -0.2) is 37.3 Å². The van der Waals surface area contributed by atoms with Crippen LogP contribution >= 0.6 is 0 Å². The highest BCUT2D eigenvalue weighted by Crippen LogP contribution is 2.18. The van der Waals surface area contributed by atoms with Crippen LogP contribution in [0.1, 0.15) is 0 Å². The van der Waals surface area contributed by atoms with E-state index < -0.39 is 0 Å². The van der Waals surface area contributed by atoms with Crippen LogP contribution in [-0.2, 0) is 0 Å². The number of hydrogen-bond acceptors (Lipinski definition) is 6. The lowest BCUT2D eigenvalue weighted by Crippen LogP contribution is -2.12. The van der Waals surface area contributed by atoms with Crippen LogP contribution in [0.5, 0.6) is 17.8 Å². The number of rotatable bonds is 5. The van der Waals surface area contributed by atoms with Gasteiger partial charge in [0.1, 0.15) is 6.61 Å². The Hall–Kier alpha value is -1.56. The molecule has 0 saturated carbocycles. The fourth-order valence-electron chi connectivity index (χ4n) is 0.808. The first-order valence-corrected chi connectivity index (χ1v) is 4.10. The normalized spacial score (nSPS) is 9.64. The van der Waals surface area contributed by atoms with E-state index in [0.717, 1.165) is 0 Å². The van der Waals surface area contributed by atoms with E-state index in [2.05, 4.69) is 9.97 Å². The molecule has 78 valence electrons. The van der Waals surface area contributed by atoms with Crippen LogP contribution < -0.4 is 19.9 Å². The highest BCUT2D eigenvalue weighted by atomic mass is 16.5. The molecule has 0 saturated heterocycles. The van der Waals surface area contributed by atoms with Gasteiger partial charge in [-0.05, 0) is 0 Å². The fourth-order valence-corrected chi connectivity index (χ4v) is 0.808. The summed E-state index contributed by atoms with van der Waals surface area (Å²) < 4.78 is 15.0. The molecule has 6 nitrogen and oxygen atoms in total. The zero-order chi connectivity index (χ0) is 10.4. The third kappa shape index (κ3) is 2.74. The Balaban J connectivity index is 2.81. The van der Waals surface area contributed by atoms with E-state index in [1.165, 1.54) is 14.2 Å². The summed E-state index contributed by atoms with van der Waals surface area (Å²) in [6.45, 7) is 0.763. The van der Waals surface area contributed by atoms with Gasteiger partial charge < -0.3 is 19.9 Å². The van der Waals surface area contributed by atoms with Crippen molar-refractivity contribution in [2.75, 3.05) is 27.4 Å². The van der Waals surface area contributed by atoms with Crippen LogP contribution in [0, 0.1) is 0 Å². The van der Waals surface area contributed by atoms with Gasteiger partial charge in [0, 0.05) is 6.54 Å². The van der Waals surface area contributed by atoms with E-state index in [4.69, 9.17) is 19.9 Å². The van der Waals surface area contributed by atoms with Crippen molar-refractivity contribution in [1.29, 1.82) is 0 Å². The maximum Gasteiger partial charge on any atom is 0.323 e. The van der Waals surface area contributed by atoms with Crippen molar-refractivity contribution < 1.29 is 14.2 Å². The van der Waals surface area contributed by atoms with Crippen molar-refractivity contribution in [2.45, 2.75) is 0 Å². The Bertz CT molecular complexity index is 271. The van der Waals surface area contributed by atoms with E-state index in [1.54, 1.807) is 6.07 Å². The third-order valence-electron chi connectivity index (χ3n) is 1.43. The highest BCUT2D eigenvalue weighted by molar-refractivity contribution is 5.22. The first-order valence-electron chi connectivity index (χ1n) is 4.10. The Morgan fingerprint density at radius 2 is 1.79 bits per heavy atom. The maximum absolute atomic E-state index is 5.27. The molecule has 0 aliphatic rings. The number of aromatic nitrogens is 2. The van der Waals surface area contributed by atoms with Crippen LogP contribution in [0.25, 0.3) is 0 Å². The molecule has 0 aliphatic carbocycles. The SMILES string of the molecule is COc1cc(OC)nc(OCCN)n1. The summed E-state index contributed by atoms with van der Waals surface area (Å²) in [7, 11) is 3.02. The molecule has 0 aromatic carbocycles. The Labute approximate surface area is 82.0 Å². The van der Waals surface area contributed by atoms with E-state index in [1.807, 2.05) is 0 Å². The summed E-state index contributed by atoms with van der Waals surface area (Å²) in [5.74, 6) is 0.785. The van der Waals surface area contributed by atoms with Gasteiger partial charge in [0.05, 0.1) is 20.3 Å². The summed E-state index contributed by atoms with van der Waals surface area (Å²) in [6, 6.07) is 1.77. The largest absolute Gasteiger partial charge is 0.481 e. The van der Waals surface area contributed by atoms with Gasteiger partial charge in [0.2, 0.25) is 11.8 Å². The minimum Gasteiger partial charge on any atom is -0.481 e. The van der Waals surface area contributed by atoms with Gasteiger partial charge in [-0.3, -0.25) is 0 Å². The molecule has 0 unspecified atom stereocenters. The number of ether oxygens (including phenoxy) is 3. The predicted octanol–water partition coefficient (Wildman–Crippen LogP) is -0.169. The van der Waals surface area contributed by atoms with Gasteiger partial charge >= 0.3 is 6.01 Å². The topological polar surface area (TPSA) is 79.5 Å². The van der Waals surface area contributed by atoms with Crippen molar-refractivity contribution >= 4 is 0 Å². The number of nitrogens with zero attached hydrogens (tertiary/aromatic N) is 2. The summed E-state index contributed by atoms with van der Waals surface area (Å²) in [5, 5.41) is 0. The van der Waals surface area contributed by atoms with Crippen molar-refractivity contribution in [3.8, 4) is 17.8 Å². The van der Waals surface area contributed by atoms with Gasteiger partial charge in [-0.2, -0.15) is 9.97 Å². The van der Waals surface area contributed by atoms with Gasteiger partial charge in [-0.25, -0.2) is 0 Å². The molecule has 0 fully saturated rings. The van der Waals surface area contributed by atoms with Crippen LogP contribution in [0.4, 0.5) is 0 Å². The van der Waals surface area contributed by atoms with Crippen LogP contribution in [0.15, 0.2) is 6.07 Å². The summed E-state index contributed by atoms with van der Waals surface area (Å²) in [5.41, 5.74) is 5.27. The summed E-state index contributed by atoms with van der Waals surface area (Å²) in [4.78, 5) is 7.89. The molecule has 1 rings (SSSR count). The molecular formula is C8H13N3O3. The Kier molecular flexibility index (Phi) is 3.93. The molecule has 1 aromatic heterocycles. The number of hydrogen-bond donors (Lipinski definition) is 1. The average Bonchev–Trinajstić information content (AvgIpc) is 2.25. The highest BCUT2D eigenvalue weighted by Gasteiger charge is 2.05. The zero-order valence-corrected chi connectivity index (χ0v) is 8.19. The fraction of sp³-hybridized carbons (Fsp3) is 0.500. The van der Waals surface area contributed by atoms with Crippen LogP contribution in [0.2, 0.25) is 0 Å². The van der Waals surface area contributed by atoms with Gasteiger partial charge in [-0.1, -0.05) is 0 Å². The third-order valence-corrected chi connectivity index (χ3v) is 1.43. The lowest BCUT2D eigenvalue weighted by Gasteiger charge is -2.06. The van der Waals surface area contributed by atoms with Gasteiger partial charge in [-0.15, -0.1) is 0 Å². The molecule has 0 spiro atoms. The monoisotopic (exact) mass is 199 g/mol. The van der Waals surface area contributed by atoms with Crippen molar-refractivity contribution in [3.63, 3.8) is 0 Å². The standard InChI is InChI=1S/C8H13N3O3/c1-12-6-5-7(13-2)11-8(10-6)14-4-3-9/h5H,3-4,9H2,1-2H3. The molecule has 1 aromatic rings.